The molecule has 0 spiro atoms. The molecule has 88 valence electrons. The Hall–Kier alpha value is -0.0500. The fraction of sp³-hybridized carbons (Fsp3) is 0.538. The van der Waals surface area contributed by atoms with E-state index in [0.29, 0.717) is 6.10 Å². The van der Waals surface area contributed by atoms with Crippen LogP contribution in [0.2, 0.25) is 5.02 Å². The van der Waals surface area contributed by atoms with Crippen molar-refractivity contribution in [3.8, 4) is 0 Å². The van der Waals surface area contributed by atoms with Crippen LogP contribution in [0.1, 0.15) is 18.9 Å². The van der Waals surface area contributed by atoms with Crippen LogP contribution in [-0.4, -0.2) is 18.0 Å². The number of halogens is 2. The minimum Gasteiger partial charge on any atom is -0.378 e. The lowest BCUT2D eigenvalue weighted by molar-refractivity contribution is 0.0746. The molecule has 0 amide bonds. The van der Waals surface area contributed by atoms with E-state index in [0.717, 1.165) is 29.8 Å². The second-order valence-corrected chi connectivity index (χ2v) is 5.56. The van der Waals surface area contributed by atoms with Crippen molar-refractivity contribution in [2.75, 3.05) is 11.9 Å². The van der Waals surface area contributed by atoms with Gasteiger partial charge in [0.1, 0.15) is 0 Å². The van der Waals surface area contributed by atoms with Crippen LogP contribution >= 0.6 is 27.5 Å². The summed E-state index contributed by atoms with van der Waals surface area (Å²) in [6.45, 7) is 3.05. The molecule has 1 heterocycles. The van der Waals surface area contributed by atoms with Gasteiger partial charge in [-0.2, -0.15) is 0 Å². The maximum atomic E-state index is 5.89. The summed E-state index contributed by atoms with van der Waals surface area (Å²) < 4.78 is 5.70. The standard InChI is InChI=1S/C13H16BrClO/c1-10-13(9-14,6-7-16-10)8-11-2-4-12(15)5-3-11/h2-5,10H,6-9H2,1H3. The van der Waals surface area contributed by atoms with Gasteiger partial charge in [0.05, 0.1) is 6.10 Å². The predicted molar refractivity (Wildman–Crippen MR) is 71.4 cm³/mol. The fourth-order valence-electron chi connectivity index (χ4n) is 2.28. The molecule has 2 unspecified atom stereocenters. The minimum atomic E-state index is 0.244. The smallest absolute Gasteiger partial charge is 0.0615 e. The number of rotatable bonds is 3. The van der Waals surface area contributed by atoms with Gasteiger partial charge in [0.25, 0.3) is 0 Å². The van der Waals surface area contributed by atoms with E-state index in [-0.39, 0.29) is 5.41 Å². The van der Waals surface area contributed by atoms with Crippen molar-refractivity contribution in [1.29, 1.82) is 0 Å². The molecule has 0 radical (unpaired) electrons. The lowest BCUT2D eigenvalue weighted by Gasteiger charge is -2.30. The summed E-state index contributed by atoms with van der Waals surface area (Å²) in [6, 6.07) is 8.13. The van der Waals surface area contributed by atoms with Crippen LogP contribution in [0.25, 0.3) is 0 Å². The summed E-state index contributed by atoms with van der Waals surface area (Å²) >= 11 is 9.53. The van der Waals surface area contributed by atoms with Crippen molar-refractivity contribution < 1.29 is 4.74 Å². The van der Waals surface area contributed by atoms with Crippen LogP contribution in [0.4, 0.5) is 0 Å². The van der Waals surface area contributed by atoms with E-state index >= 15 is 0 Å². The summed E-state index contributed by atoms with van der Waals surface area (Å²) in [5.74, 6) is 0. The second kappa shape index (κ2) is 5.07. The monoisotopic (exact) mass is 302 g/mol. The molecule has 0 bridgehead atoms. The Morgan fingerprint density at radius 1 is 1.44 bits per heavy atom. The maximum absolute atomic E-state index is 5.89. The third kappa shape index (κ3) is 2.44. The second-order valence-electron chi connectivity index (χ2n) is 4.56. The zero-order valence-corrected chi connectivity index (χ0v) is 11.7. The first-order valence-electron chi connectivity index (χ1n) is 5.58. The molecule has 1 aromatic rings. The van der Waals surface area contributed by atoms with E-state index in [1.807, 2.05) is 12.1 Å². The summed E-state index contributed by atoms with van der Waals surface area (Å²) in [5.41, 5.74) is 1.58. The topological polar surface area (TPSA) is 9.23 Å². The molecule has 0 saturated carbocycles. The van der Waals surface area contributed by atoms with Gasteiger partial charge in [0.15, 0.2) is 0 Å². The van der Waals surface area contributed by atoms with Gasteiger partial charge in [-0.3, -0.25) is 0 Å². The lowest BCUT2D eigenvalue weighted by Crippen LogP contribution is -2.32. The Balaban J connectivity index is 2.15. The average molecular weight is 304 g/mol. The molecule has 16 heavy (non-hydrogen) atoms. The summed E-state index contributed by atoms with van der Waals surface area (Å²) in [5, 5.41) is 1.79. The molecule has 1 aliphatic heterocycles. The molecule has 1 fully saturated rings. The predicted octanol–water partition coefficient (Wildman–Crippen LogP) is 4.07. The molecule has 0 N–H and O–H groups in total. The Morgan fingerprint density at radius 2 is 2.12 bits per heavy atom. The van der Waals surface area contributed by atoms with Gasteiger partial charge in [-0.25, -0.2) is 0 Å². The normalized spacial score (nSPS) is 29.6. The molecule has 2 rings (SSSR count). The quantitative estimate of drug-likeness (QED) is 0.765. The third-order valence-electron chi connectivity index (χ3n) is 3.57. The van der Waals surface area contributed by atoms with Gasteiger partial charge in [-0.15, -0.1) is 0 Å². The molecule has 3 heteroatoms. The van der Waals surface area contributed by atoms with E-state index in [1.165, 1.54) is 5.56 Å². The van der Waals surface area contributed by atoms with E-state index in [4.69, 9.17) is 16.3 Å². The largest absolute Gasteiger partial charge is 0.378 e. The number of hydrogen-bond donors (Lipinski definition) is 0. The van der Waals surface area contributed by atoms with E-state index < -0.39 is 0 Å². The summed E-state index contributed by atoms with van der Waals surface area (Å²) in [6.07, 6.45) is 2.50. The maximum Gasteiger partial charge on any atom is 0.0615 e. The van der Waals surface area contributed by atoms with Crippen LogP contribution < -0.4 is 0 Å². The molecular weight excluding hydrogens is 287 g/mol. The van der Waals surface area contributed by atoms with Gasteiger partial charge in [0.2, 0.25) is 0 Å². The van der Waals surface area contributed by atoms with Crippen molar-refractivity contribution >= 4 is 27.5 Å². The number of benzene rings is 1. The molecule has 1 aromatic carbocycles. The lowest BCUT2D eigenvalue weighted by atomic mass is 9.78. The van der Waals surface area contributed by atoms with Crippen LogP contribution in [0.3, 0.4) is 0 Å². The third-order valence-corrected chi connectivity index (χ3v) is 4.93. The van der Waals surface area contributed by atoms with Crippen molar-refractivity contribution in [2.45, 2.75) is 25.9 Å². The minimum absolute atomic E-state index is 0.244. The van der Waals surface area contributed by atoms with Gasteiger partial charge in [0, 0.05) is 22.4 Å². The highest BCUT2D eigenvalue weighted by molar-refractivity contribution is 9.09. The molecule has 1 aliphatic rings. The highest BCUT2D eigenvalue weighted by Crippen LogP contribution is 2.39. The fourth-order valence-corrected chi connectivity index (χ4v) is 3.34. The van der Waals surface area contributed by atoms with Gasteiger partial charge in [-0.1, -0.05) is 39.7 Å². The van der Waals surface area contributed by atoms with Crippen LogP contribution in [0, 0.1) is 5.41 Å². The Bertz CT molecular complexity index is 351. The van der Waals surface area contributed by atoms with E-state index in [1.54, 1.807) is 0 Å². The van der Waals surface area contributed by atoms with Crippen molar-refractivity contribution in [1.82, 2.24) is 0 Å². The Labute approximate surface area is 110 Å². The first-order valence-corrected chi connectivity index (χ1v) is 7.08. The Kier molecular flexibility index (Phi) is 3.93. The van der Waals surface area contributed by atoms with E-state index in [2.05, 4.69) is 35.0 Å². The van der Waals surface area contributed by atoms with E-state index in [9.17, 15) is 0 Å². The molecule has 0 aromatic heterocycles. The number of alkyl halides is 1. The van der Waals surface area contributed by atoms with Crippen LogP contribution in [0.5, 0.6) is 0 Å². The average Bonchev–Trinajstić information content (AvgIpc) is 2.64. The van der Waals surface area contributed by atoms with Crippen molar-refractivity contribution in [2.24, 2.45) is 5.41 Å². The van der Waals surface area contributed by atoms with Gasteiger partial charge >= 0.3 is 0 Å². The van der Waals surface area contributed by atoms with Crippen molar-refractivity contribution in [3.63, 3.8) is 0 Å². The van der Waals surface area contributed by atoms with Gasteiger partial charge < -0.3 is 4.74 Å². The van der Waals surface area contributed by atoms with Crippen LogP contribution in [-0.2, 0) is 11.2 Å². The number of hydrogen-bond acceptors (Lipinski definition) is 1. The molecule has 1 saturated heterocycles. The first-order chi connectivity index (χ1) is 7.66. The molecular formula is C13H16BrClO. The summed E-state index contributed by atoms with van der Waals surface area (Å²) in [7, 11) is 0. The summed E-state index contributed by atoms with van der Waals surface area (Å²) in [4.78, 5) is 0. The van der Waals surface area contributed by atoms with Crippen molar-refractivity contribution in [3.05, 3.63) is 34.9 Å². The SMILES string of the molecule is CC1OCCC1(CBr)Cc1ccc(Cl)cc1. The first kappa shape index (κ1) is 12.4. The molecule has 0 aliphatic carbocycles. The highest BCUT2D eigenvalue weighted by atomic mass is 79.9. The highest BCUT2D eigenvalue weighted by Gasteiger charge is 2.40. The zero-order valence-electron chi connectivity index (χ0n) is 9.38. The number of ether oxygens (including phenoxy) is 1. The Morgan fingerprint density at radius 3 is 2.62 bits per heavy atom. The molecule has 2 atom stereocenters. The van der Waals surface area contributed by atoms with Crippen LogP contribution in [0.15, 0.2) is 24.3 Å². The molecule has 1 nitrogen and oxygen atoms in total. The van der Waals surface area contributed by atoms with Gasteiger partial charge in [-0.05, 0) is 37.5 Å². The zero-order chi connectivity index (χ0) is 11.6.